The monoisotopic (exact) mass is 445 g/mol. The summed E-state index contributed by atoms with van der Waals surface area (Å²) in [5, 5.41) is 5.23. The van der Waals surface area contributed by atoms with Crippen molar-refractivity contribution < 1.29 is 18.7 Å². The van der Waals surface area contributed by atoms with E-state index >= 15 is 0 Å². The van der Waals surface area contributed by atoms with E-state index in [1.165, 1.54) is 12.1 Å². The number of methoxy groups -OCH3 is 1. The second kappa shape index (κ2) is 10.4. The molecule has 0 aliphatic heterocycles. The predicted octanol–water partition coefficient (Wildman–Crippen LogP) is 5.15. The lowest BCUT2D eigenvalue weighted by molar-refractivity contribution is -0.132. The molecule has 0 saturated carbocycles. The highest BCUT2D eigenvalue weighted by Crippen LogP contribution is 2.32. The summed E-state index contributed by atoms with van der Waals surface area (Å²) in [7, 11) is 1.59. The molecule has 0 spiro atoms. The molecule has 1 heterocycles. The number of rotatable bonds is 9. The van der Waals surface area contributed by atoms with Gasteiger partial charge < -0.3 is 14.4 Å². The third kappa shape index (κ3) is 5.62. The van der Waals surface area contributed by atoms with E-state index < -0.39 is 5.82 Å². The molecule has 164 valence electrons. The van der Waals surface area contributed by atoms with Crippen LogP contribution in [-0.4, -0.2) is 40.8 Å². The van der Waals surface area contributed by atoms with Crippen molar-refractivity contribution in [1.82, 2.24) is 14.7 Å². The van der Waals surface area contributed by atoms with Crippen LogP contribution in [0.2, 0.25) is 5.02 Å². The summed E-state index contributed by atoms with van der Waals surface area (Å²) < 4.78 is 26.7. The zero-order valence-electron chi connectivity index (χ0n) is 17.8. The van der Waals surface area contributed by atoms with Crippen LogP contribution in [0.15, 0.2) is 48.5 Å². The Bertz CT molecular complexity index is 1040. The molecule has 0 bridgehead atoms. The fourth-order valence-electron chi connectivity index (χ4n) is 3.13. The van der Waals surface area contributed by atoms with Gasteiger partial charge in [0.1, 0.15) is 11.6 Å². The number of nitrogens with zero attached hydrogens (tertiary/aromatic N) is 3. The van der Waals surface area contributed by atoms with Crippen molar-refractivity contribution in [3.63, 3.8) is 0 Å². The quantitative estimate of drug-likeness (QED) is 0.457. The van der Waals surface area contributed by atoms with Crippen LogP contribution in [0.1, 0.15) is 24.6 Å². The van der Waals surface area contributed by atoms with Crippen molar-refractivity contribution in [3.8, 4) is 17.3 Å². The van der Waals surface area contributed by atoms with Gasteiger partial charge in [-0.25, -0.2) is 9.07 Å². The molecule has 3 rings (SSSR count). The van der Waals surface area contributed by atoms with Gasteiger partial charge in [-0.2, -0.15) is 5.10 Å². The Morgan fingerprint density at radius 2 is 1.97 bits per heavy atom. The summed E-state index contributed by atoms with van der Waals surface area (Å²) in [6.07, 6.45) is 0.369. The first-order chi connectivity index (χ1) is 14.9. The number of ether oxygens (including phenoxy) is 2. The summed E-state index contributed by atoms with van der Waals surface area (Å²) >= 11 is 6.03. The molecule has 0 unspecified atom stereocenters. The van der Waals surface area contributed by atoms with Gasteiger partial charge in [-0.05, 0) is 43.3 Å². The number of aromatic nitrogens is 2. The van der Waals surface area contributed by atoms with Gasteiger partial charge in [0.25, 0.3) is 0 Å². The third-order valence-electron chi connectivity index (χ3n) is 4.79. The van der Waals surface area contributed by atoms with Crippen LogP contribution in [-0.2, 0) is 16.1 Å². The Kier molecular flexibility index (Phi) is 7.65. The number of hydrogen-bond acceptors (Lipinski definition) is 4. The maximum Gasteiger partial charge on any atom is 0.227 e. The fourth-order valence-corrected chi connectivity index (χ4v) is 3.26. The fraction of sp³-hybridized carbons (Fsp3) is 0.304. The molecular weight excluding hydrogens is 421 g/mol. The van der Waals surface area contributed by atoms with Crippen LogP contribution in [0.5, 0.6) is 11.6 Å². The Labute approximate surface area is 186 Å². The first-order valence-corrected chi connectivity index (χ1v) is 10.3. The molecule has 0 aliphatic rings. The number of hydrogen-bond donors (Lipinski definition) is 0. The highest BCUT2D eigenvalue weighted by molar-refractivity contribution is 6.30. The lowest BCUT2D eigenvalue weighted by Crippen LogP contribution is -2.33. The highest BCUT2D eigenvalue weighted by atomic mass is 35.5. The van der Waals surface area contributed by atoms with Crippen LogP contribution in [0.25, 0.3) is 5.69 Å². The van der Waals surface area contributed by atoms with E-state index in [1.54, 1.807) is 41.0 Å². The molecule has 0 N–H and O–H groups in total. The Morgan fingerprint density at radius 3 is 2.61 bits per heavy atom. The SMILES string of the molecule is CCC(=O)N(CCOC)Cc1c(C)nn(-c2ccc(Cl)cc2)c1Oc1cccc(F)c1. The van der Waals surface area contributed by atoms with Crippen LogP contribution >= 0.6 is 11.6 Å². The topological polar surface area (TPSA) is 56.6 Å². The minimum atomic E-state index is -0.406. The van der Waals surface area contributed by atoms with Gasteiger partial charge >= 0.3 is 0 Å². The predicted molar refractivity (Wildman–Crippen MR) is 117 cm³/mol. The van der Waals surface area contributed by atoms with Crippen molar-refractivity contribution in [3.05, 3.63) is 70.6 Å². The molecule has 0 fully saturated rings. The second-order valence-corrected chi connectivity index (χ2v) is 7.41. The molecule has 1 amide bonds. The van der Waals surface area contributed by atoms with Gasteiger partial charge in [0.15, 0.2) is 0 Å². The minimum Gasteiger partial charge on any atom is -0.438 e. The zero-order chi connectivity index (χ0) is 22.4. The molecule has 0 atom stereocenters. The summed E-state index contributed by atoms with van der Waals surface area (Å²) in [5.74, 6) is 0.335. The van der Waals surface area contributed by atoms with Crippen molar-refractivity contribution >= 4 is 17.5 Å². The number of aryl methyl sites for hydroxylation is 1. The number of amides is 1. The number of carbonyl (C=O) groups excluding carboxylic acids is 1. The van der Waals surface area contributed by atoms with Crippen molar-refractivity contribution in [2.45, 2.75) is 26.8 Å². The van der Waals surface area contributed by atoms with E-state index in [0.717, 1.165) is 11.3 Å². The van der Waals surface area contributed by atoms with Crippen molar-refractivity contribution in [2.75, 3.05) is 20.3 Å². The zero-order valence-corrected chi connectivity index (χ0v) is 18.5. The van der Waals surface area contributed by atoms with E-state index in [0.29, 0.717) is 48.5 Å². The number of carbonyl (C=O) groups is 1. The number of benzene rings is 2. The van der Waals surface area contributed by atoms with Gasteiger partial charge in [-0.3, -0.25) is 4.79 Å². The van der Waals surface area contributed by atoms with Crippen LogP contribution < -0.4 is 4.74 Å². The van der Waals surface area contributed by atoms with Crippen molar-refractivity contribution in [2.24, 2.45) is 0 Å². The summed E-state index contributed by atoms with van der Waals surface area (Å²) in [5.41, 5.74) is 2.17. The molecule has 0 aliphatic carbocycles. The average molecular weight is 446 g/mol. The van der Waals surface area contributed by atoms with E-state index in [2.05, 4.69) is 5.10 Å². The Morgan fingerprint density at radius 1 is 1.23 bits per heavy atom. The van der Waals surface area contributed by atoms with E-state index in [1.807, 2.05) is 26.0 Å². The lowest BCUT2D eigenvalue weighted by Gasteiger charge is -2.22. The molecule has 2 aromatic carbocycles. The second-order valence-electron chi connectivity index (χ2n) is 6.98. The van der Waals surface area contributed by atoms with Crippen LogP contribution in [0, 0.1) is 12.7 Å². The maximum atomic E-state index is 13.8. The summed E-state index contributed by atoms with van der Waals surface area (Å²) in [6.45, 7) is 4.81. The lowest BCUT2D eigenvalue weighted by atomic mass is 10.2. The molecule has 8 heteroatoms. The van der Waals surface area contributed by atoms with E-state index in [-0.39, 0.29) is 5.91 Å². The first-order valence-electron chi connectivity index (χ1n) is 9.97. The largest absolute Gasteiger partial charge is 0.438 e. The summed E-state index contributed by atoms with van der Waals surface area (Å²) in [6, 6.07) is 13.0. The summed E-state index contributed by atoms with van der Waals surface area (Å²) in [4.78, 5) is 14.2. The van der Waals surface area contributed by atoms with Gasteiger partial charge in [0.05, 0.1) is 30.1 Å². The third-order valence-corrected chi connectivity index (χ3v) is 5.04. The van der Waals surface area contributed by atoms with Crippen LogP contribution in [0.4, 0.5) is 4.39 Å². The molecule has 0 saturated heterocycles. The van der Waals surface area contributed by atoms with Gasteiger partial charge in [0, 0.05) is 31.2 Å². The first kappa shape index (κ1) is 22.8. The van der Waals surface area contributed by atoms with E-state index in [4.69, 9.17) is 21.1 Å². The molecule has 6 nitrogen and oxygen atoms in total. The normalized spacial score (nSPS) is 10.9. The van der Waals surface area contributed by atoms with Gasteiger partial charge in [-0.15, -0.1) is 0 Å². The Hall–Kier alpha value is -2.90. The molecule has 31 heavy (non-hydrogen) atoms. The highest BCUT2D eigenvalue weighted by Gasteiger charge is 2.23. The molecular formula is C23H25ClFN3O3. The minimum absolute atomic E-state index is 0.00704. The average Bonchev–Trinajstić information content (AvgIpc) is 3.06. The smallest absolute Gasteiger partial charge is 0.227 e. The molecule has 3 aromatic rings. The van der Waals surface area contributed by atoms with Gasteiger partial charge in [0.2, 0.25) is 11.8 Å². The van der Waals surface area contributed by atoms with Gasteiger partial charge in [-0.1, -0.05) is 24.6 Å². The standard InChI is InChI=1S/C23H25ClFN3O3/c1-4-22(29)27(12-13-30-3)15-21-16(2)26-28(19-10-8-17(24)9-11-19)23(21)31-20-7-5-6-18(25)14-20/h5-11,14H,4,12-13,15H2,1-3H3. The van der Waals surface area contributed by atoms with Crippen molar-refractivity contribution in [1.29, 1.82) is 0 Å². The van der Waals surface area contributed by atoms with Crippen LogP contribution in [0.3, 0.4) is 0 Å². The molecule has 1 aromatic heterocycles. The number of halogens is 2. The maximum absolute atomic E-state index is 13.8. The molecule has 0 radical (unpaired) electrons. The van der Waals surface area contributed by atoms with E-state index in [9.17, 15) is 9.18 Å². The Balaban J connectivity index is 2.06.